The second-order valence-electron chi connectivity index (χ2n) is 4.83. The lowest BCUT2D eigenvalue weighted by atomic mass is 10.1. The Morgan fingerprint density at radius 2 is 2.38 bits per heavy atom. The predicted octanol–water partition coefficient (Wildman–Crippen LogP) is 2.35. The van der Waals surface area contributed by atoms with Gasteiger partial charge in [0.15, 0.2) is 0 Å². The second kappa shape index (κ2) is 7.11. The van der Waals surface area contributed by atoms with E-state index >= 15 is 0 Å². The van der Waals surface area contributed by atoms with Gasteiger partial charge in [-0.15, -0.1) is 11.3 Å². The number of rotatable bonds is 4. The summed E-state index contributed by atoms with van der Waals surface area (Å²) in [5.41, 5.74) is 0. The molecule has 2 heterocycles. The van der Waals surface area contributed by atoms with Crippen LogP contribution in [0.3, 0.4) is 0 Å². The van der Waals surface area contributed by atoms with Crippen LogP contribution in [0.4, 0.5) is 4.79 Å². The van der Waals surface area contributed by atoms with E-state index in [1.807, 2.05) is 13.0 Å². The van der Waals surface area contributed by atoms with Crippen LogP contribution < -0.4 is 5.32 Å². The Hall–Kier alpha value is -1.31. The number of halogens is 1. The molecule has 0 spiro atoms. The summed E-state index contributed by atoms with van der Waals surface area (Å²) in [7, 11) is 0. The number of thiophene rings is 1. The van der Waals surface area contributed by atoms with Gasteiger partial charge in [-0.25, -0.2) is 4.79 Å². The van der Waals surface area contributed by atoms with Crippen molar-refractivity contribution in [3.8, 4) is 0 Å². The van der Waals surface area contributed by atoms with Crippen molar-refractivity contribution >= 4 is 34.9 Å². The molecule has 0 bridgehead atoms. The van der Waals surface area contributed by atoms with Gasteiger partial charge in [0.05, 0.1) is 36.1 Å². The highest BCUT2D eigenvalue weighted by atomic mass is 35.5. The molecule has 1 aliphatic heterocycles. The van der Waals surface area contributed by atoms with Crippen LogP contribution in [0.15, 0.2) is 12.1 Å². The van der Waals surface area contributed by atoms with E-state index in [1.165, 1.54) is 16.2 Å². The zero-order chi connectivity index (χ0) is 15.4. The molecule has 2 atom stereocenters. The van der Waals surface area contributed by atoms with E-state index in [2.05, 4.69) is 5.32 Å². The third-order valence-electron chi connectivity index (χ3n) is 3.26. The number of hydrogen-bond donors (Lipinski definition) is 2. The molecule has 6 nitrogen and oxygen atoms in total. The zero-order valence-electron chi connectivity index (χ0n) is 11.5. The molecular formula is C13H17ClN2O4S. The Kier molecular flexibility index (Phi) is 5.44. The van der Waals surface area contributed by atoms with Crippen LogP contribution in [-0.2, 0) is 9.53 Å². The summed E-state index contributed by atoms with van der Waals surface area (Å²) < 4.78 is 5.92. The van der Waals surface area contributed by atoms with E-state index in [9.17, 15) is 9.59 Å². The maximum atomic E-state index is 12.3. The van der Waals surface area contributed by atoms with Gasteiger partial charge in [0.25, 0.3) is 0 Å². The summed E-state index contributed by atoms with van der Waals surface area (Å²) in [6.07, 6.45) is -0.118. The van der Waals surface area contributed by atoms with E-state index in [0.717, 1.165) is 4.88 Å². The fourth-order valence-corrected chi connectivity index (χ4v) is 3.26. The highest BCUT2D eigenvalue weighted by Gasteiger charge is 2.30. The van der Waals surface area contributed by atoms with Crippen molar-refractivity contribution in [3.63, 3.8) is 0 Å². The Morgan fingerprint density at radius 3 is 3.00 bits per heavy atom. The first-order chi connectivity index (χ1) is 9.97. The molecule has 2 unspecified atom stereocenters. The molecule has 1 aromatic heterocycles. The van der Waals surface area contributed by atoms with Crippen molar-refractivity contribution in [2.45, 2.75) is 25.4 Å². The average molecular weight is 333 g/mol. The smallest absolute Gasteiger partial charge is 0.318 e. The van der Waals surface area contributed by atoms with Crippen molar-refractivity contribution in [2.24, 2.45) is 0 Å². The Balaban J connectivity index is 1.98. The summed E-state index contributed by atoms with van der Waals surface area (Å²) in [6, 6.07) is 2.76. The highest BCUT2D eigenvalue weighted by Crippen LogP contribution is 2.27. The summed E-state index contributed by atoms with van der Waals surface area (Å²) in [6.45, 7) is 2.93. The molecule has 1 aromatic rings. The summed E-state index contributed by atoms with van der Waals surface area (Å²) in [5, 5.41) is 11.8. The number of aliphatic carboxylic acids is 1. The van der Waals surface area contributed by atoms with Gasteiger partial charge in [-0.3, -0.25) is 4.79 Å². The molecule has 2 amide bonds. The first-order valence-electron chi connectivity index (χ1n) is 6.59. The normalized spacial score (nSPS) is 20.1. The van der Waals surface area contributed by atoms with Crippen LogP contribution >= 0.6 is 22.9 Å². The molecule has 21 heavy (non-hydrogen) atoms. The maximum absolute atomic E-state index is 12.3. The number of nitrogens with one attached hydrogen (secondary N) is 1. The average Bonchev–Trinajstić information content (AvgIpc) is 2.85. The summed E-state index contributed by atoms with van der Waals surface area (Å²) in [4.78, 5) is 25.7. The number of morpholine rings is 1. The van der Waals surface area contributed by atoms with Crippen LogP contribution in [0.25, 0.3) is 0 Å². The van der Waals surface area contributed by atoms with Gasteiger partial charge in [-0.2, -0.15) is 0 Å². The van der Waals surface area contributed by atoms with Gasteiger partial charge in [-0.1, -0.05) is 11.6 Å². The van der Waals surface area contributed by atoms with Gasteiger partial charge >= 0.3 is 12.0 Å². The molecule has 2 rings (SSSR count). The van der Waals surface area contributed by atoms with Crippen molar-refractivity contribution in [2.75, 3.05) is 19.8 Å². The number of carboxylic acid groups (broad SMARTS) is 1. The minimum Gasteiger partial charge on any atom is -0.481 e. The maximum Gasteiger partial charge on any atom is 0.318 e. The minimum absolute atomic E-state index is 0.118. The summed E-state index contributed by atoms with van der Waals surface area (Å²) in [5.74, 6) is -0.943. The third kappa shape index (κ3) is 4.33. The molecule has 0 saturated carbocycles. The molecule has 1 aliphatic rings. The van der Waals surface area contributed by atoms with Gasteiger partial charge < -0.3 is 20.1 Å². The number of carbonyl (C=O) groups excluding carboxylic acids is 1. The van der Waals surface area contributed by atoms with Crippen LogP contribution in [-0.4, -0.2) is 47.8 Å². The van der Waals surface area contributed by atoms with Crippen LogP contribution in [0.2, 0.25) is 4.34 Å². The molecule has 0 radical (unpaired) electrons. The van der Waals surface area contributed by atoms with E-state index in [1.54, 1.807) is 6.07 Å². The molecule has 8 heteroatoms. The predicted molar refractivity (Wildman–Crippen MR) is 79.8 cm³/mol. The minimum atomic E-state index is -0.943. The summed E-state index contributed by atoms with van der Waals surface area (Å²) >= 11 is 7.29. The first kappa shape index (κ1) is 16.1. The number of ether oxygens (including phenoxy) is 1. The number of amides is 2. The van der Waals surface area contributed by atoms with Gasteiger partial charge in [0, 0.05) is 11.4 Å². The molecule has 0 aromatic carbocycles. The number of nitrogens with zero attached hydrogens (tertiary/aromatic N) is 1. The fourth-order valence-electron chi connectivity index (χ4n) is 2.19. The zero-order valence-corrected chi connectivity index (χ0v) is 13.1. The van der Waals surface area contributed by atoms with Crippen molar-refractivity contribution in [1.29, 1.82) is 0 Å². The lowest BCUT2D eigenvalue weighted by Gasteiger charge is -2.35. The molecular weight excluding hydrogens is 316 g/mol. The van der Waals surface area contributed by atoms with Crippen molar-refractivity contribution in [1.82, 2.24) is 10.2 Å². The lowest BCUT2D eigenvalue weighted by molar-refractivity contribution is -0.139. The van der Waals surface area contributed by atoms with Crippen molar-refractivity contribution < 1.29 is 19.4 Å². The van der Waals surface area contributed by atoms with Crippen LogP contribution in [0, 0.1) is 0 Å². The molecule has 0 aliphatic carbocycles. The Morgan fingerprint density at radius 1 is 1.62 bits per heavy atom. The monoisotopic (exact) mass is 332 g/mol. The number of carbonyl (C=O) groups is 2. The van der Waals surface area contributed by atoms with Gasteiger partial charge in [-0.05, 0) is 19.1 Å². The molecule has 116 valence electrons. The van der Waals surface area contributed by atoms with Gasteiger partial charge in [0.1, 0.15) is 0 Å². The van der Waals surface area contributed by atoms with E-state index < -0.39 is 12.0 Å². The van der Waals surface area contributed by atoms with E-state index in [-0.39, 0.29) is 25.1 Å². The quantitative estimate of drug-likeness (QED) is 0.887. The SMILES string of the molecule is CC(NC(=O)N1CCOCC1CC(=O)O)c1ccc(Cl)s1. The number of carboxylic acids is 1. The lowest BCUT2D eigenvalue weighted by Crippen LogP contribution is -2.53. The topological polar surface area (TPSA) is 78.9 Å². The highest BCUT2D eigenvalue weighted by molar-refractivity contribution is 7.16. The number of hydrogen-bond acceptors (Lipinski definition) is 4. The standard InChI is InChI=1S/C13H17ClN2O4S/c1-8(10-2-3-11(14)21-10)15-13(19)16-4-5-20-7-9(16)6-12(17)18/h2-3,8-9H,4-7H2,1H3,(H,15,19)(H,17,18). The Labute approximate surface area is 131 Å². The Bertz CT molecular complexity index is 522. The van der Waals surface area contributed by atoms with Gasteiger partial charge in [0.2, 0.25) is 0 Å². The van der Waals surface area contributed by atoms with Crippen molar-refractivity contribution in [3.05, 3.63) is 21.3 Å². The van der Waals surface area contributed by atoms with Crippen LogP contribution in [0.5, 0.6) is 0 Å². The molecule has 2 N–H and O–H groups in total. The van der Waals surface area contributed by atoms with Crippen LogP contribution in [0.1, 0.15) is 24.3 Å². The molecule has 1 saturated heterocycles. The largest absolute Gasteiger partial charge is 0.481 e. The van der Waals surface area contributed by atoms with E-state index in [4.69, 9.17) is 21.4 Å². The first-order valence-corrected chi connectivity index (χ1v) is 7.78. The third-order valence-corrected chi connectivity index (χ3v) is 4.67. The molecule has 1 fully saturated rings. The second-order valence-corrected chi connectivity index (χ2v) is 6.58. The number of urea groups is 1. The fraction of sp³-hybridized carbons (Fsp3) is 0.538. The van der Waals surface area contributed by atoms with E-state index in [0.29, 0.717) is 17.5 Å².